The molecule has 0 nitrogen and oxygen atoms in total. The Morgan fingerprint density at radius 3 is 1.71 bits per heavy atom. The van der Waals surface area contributed by atoms with Gasteiger partial charge in [0.25, 0.3) is 0 Å². The van der Waals surface area contributed by atoms with Gasteiger partial charge in [0, 0.05) is 11.3 Å². The molecular weight excluding hydrogens is 492 g/mol. The summed E-state index contributed by atoms with van der Waals surface area (Å²) in [5.41, 5.74) is 9.32. The Labute approximate surface area is 242 Å². The second-order valence-electron chi connectivity index (χ2n) is 12.2. The van der Waals surface area contributed by atoms with E-state index in [1.165, 1.54) is 60.5 Å². The first kappa shape index (κ1) is 24.1. The van der Waals surface area contributed by atoms with Crippen LogP contribution in [-0.4, -0.2) is 0 Å². The molecule has 0 heterocycles. The highest BCUT2D eigenvalue weighted by molar-refractivity contribution is 6.21. The van der Waals surface area contributed by atoms with Crippen molar-refractivity contribution in [3.63, 3.8) is 0 Å². The minimum Gasteiger partial charge on any atom is -0.0804 e. The first-order valence-corrected chi connectivity index (χ1v) is 14.7. The minimum absolute atomic E-state index is 0.0250. The highest BCUT2D eigenvalue weighted by Gasteiger charge is 2.52. The third kappa shape index (κ3) is 3.40. The highest BCUT2D eigenvalue weighted by atomic mass is 14.5. The molecule has 0 aliphatic heterocycles. The van der Waals surface area contributed by atoms with Crippen molar-refractivity contribution >= 4 is 21.5 Å². The number of hydrogen-bond acceptors (Lipinski definition) is 0. The Morgan fingerprint density at radius 1 is 0.537 bits per heavy atom. The lowest BCUT2D eigenvalue weighted by atomic mass is 9.53. The molecule has 3 aliphatic carbocycles. The summed E-state index contributed by atoms with van der Waals surface area (Å²) in [6.07, 6.45) is 18.7. The second-order valence-corrected chi connectivity index (χ2v) is 12.2. The van der Waals surface area contributed by atoms with Crippen molar-refractivity contribution in [2.24, 2.45) is 10.8 Å². The molecule has 0 bridgehead atoms. The van der Waals surface area contributed by atoms with Gasteiger partial charge in [0.15, 0.2) is 0 Å². The SMILES string of the molecule is CC1(C)C=CC(c2ccc(-c3c4ccccc4c(-c4ccccc4)c4ccccc34)cc2)C2=CC=C3C=CC=CC321. The van der Waals surface area contributed by atoms with Crippen LogP contribution in [0.1, 0.15) is 25.3 Å². The molecule has 2 atom stereocenters. The van der Waals surface area contributed by atoms with Crippen molar-refractivity contribution in [2.75, 3.05) is 0 Å². The fraction of sp³-hybridized carbons (Fsp3) is 0.122. The average molecular weight is 525 g/mol. The smallest absolute Gasteiger partial charge is 0.0442 e. The maximum atomic E-state index is 2.44. The minimum atomic E-state index is -0.0699. The van der Waals surface area contributed by atoms with Crippen molar-refractivity contribution in [3.05, 3.63) is 168 Å². The zero-order valence-corrected chi connectivity index (χ0v) is 23.5. The molecule has 0 amide bonds. The van der Waals surface area contributed by atoms with Crippen molar-refractivity contribution in [2.45, 2.75) is 19.8 Å². The average Bonchev–Trinajstić information content (AvgIpc) is 3.43. The van der Waals surface area contributed by atoms with Gasteiger partial charge in [0.05, 0.1) is 0 Å². The summed E-state index contributed by atoms with van der Waals surface area (Å²) >= 11 is 0. The molecule has 3 aliphatic rings. The summed E-state index contributed by atoms with van der Waals surface area (Å²) in [7, 11) is 0. The van der Waals surface area contributed by atoms with E-state index in [2.05, 4.69) is 166 Å². The van der Waals surface area contributed by atoms with Crippen molar-refractivity contribution in [1.29, 1.82) is 0 Å². The van der Waals surface area contributed by atoms with Crippen molar-refractivity contribution in [1.82, 2.24) is 0 Å². The van der Waals surface area contributed by atoms with E-state index >= 15 is 0 Å². The maximum absolute atomic E-state index is 2.44. The number of benzene rings is 5. The summed E-state index contributed by atoms with van der Waals surface area (Å²) in [5.74, 6) is 0.260. The first-order valence-electron chi connectivity index (χ1n) is 14.7. The molecular formula is C41H32. The molecule has 5 aromatic carbocycles. The number of hydrogen-bond donors (Lipinski definition) is 0. The van der Waals surface area contributed by atoms with Crippen LogP contribution in [0, 0.1) is 10.8 Å². The van der Waals surface area contributed by atoms with Gasteiger partial charge in [-0.25, -0.2) is 0 Å². The van der Waals surface area contributed by atoms with Crippen LogP contribution >= 0.6 is 0 Å². The maximum Gasteiger partial charge on any atom is 0.0442 e. The molecule has 5 aromatic rings. The largest absolute Gasteiger partial charge is 0.0804 e. The van der Waals surface area contributed by atoms with Gasteiger partial charge in [-0.15, -0.1) is 0 Å². The molecule has 1 spiro atoms. The molecule has 2 unspecified atom stereocenters. The van der Waals surface area contributed by atoms with Crippen LogP contribution in [0.15, 0.2) is 163 Å². The second kappa shape index (κ2) is 8.91. The lowest BCUT2D eigenvalue weighted by Crippen LogP contribution is -2.41. The van der Waals surface area contributed by atoms with Gasteiger partial charge in [0.2, 0.25) is 0 Å². The topological polar surface area (TPSA) is 0 Å². The molecule has 0 radical (unpaired) electrons. The molecule has 0 heteroatoms. The number of fused-ring (bicyclic) bond motifs is 2. The van der Waals surface area contributed by atoms with E-state index in [0.717, 1.165) is 0 Å². The predicted octanol–water partition coefficient (Wildman–Crippen LogP) is 11.0. The Morgan fingerprint density at radius 2 is 1.10 bits per heavy atom. The molecule has 41 heavy (non-hydrogen) atoms. The van der Waals surface area contributed by atoms with E-state index in [0.29, 0.717) is 0 Å². The van der Waals surface area contributed by atoms with Gasteiger partial charge < -0.3 is 0 Å². The van der Waals surface area contributed by atoms with Crippen LogP contribution in [0.25, 0.3) is 43.8 Å². The molecule has 196 valence electrons. The van der Waals surface area contributed by atoms with Crippen LogP contribution in [0.4, 0.5) is 0 Å². The van der Waals surface area contributed by atoms with Crippen LogP contribution in [0.3, 0.4) is 0 Å². The van der Waals surface area contributed by atoms with Crippen LogP contribution in [0.2, 0.25) is 0 Å². The first-order chi connectivity index (χ1) is 20.1. The standard InChI is InChI=1S/C41H32/c1-40(2)27-25-32(37-24-23-31-14-10-11-26-41(31,37)40)28-19-21-30(22-20-28)39-35-17-8-6-15-33(35)38(29-12-4-3-5-13-29)34-16-7-9-18-36(34)39/h3-27,32H,1-2H3. The van der Waals surface area contributed by atoms with Crippen molar-refractivity contribution in [3.8, 4) is 22.3 Å². The molecule has 0 fully saturated rings. The molecule has 8 rings (SSSR count). The van der Waals surface area contributed by atoms with Crippen LogP contribution in [-0.2, 0) is 0 Å². The van der Waals surface area contributed by atoms with Crippen LogP contribution in [0.5, 0.6) is 0 Å². The van der Waals surface area contributed by atoms with E-state index in [-0.39, 0.29) is 16.7 Å². The van der Waals surface area contributed by atoms with E-state index < -0.39 is 0 Å². The van der Waals surface area contributed by atoms with E-state index in [1.807, 2.05) is 0 Å². The van der Waals surface area contributed by atoms with Gasteiger partial charge in [0.1, 0.15) is 0 Å². The fourth-order valence-electron chi connectivity index (χ4n) is 7.73. The molecule has 0 saturated carbocycles. The highest BCUT2D eigenvalue weighted by Crippen LogP contribution is 2.62. The quantitative estimate of drug-likeness (QED) is 0.163. The summed E-state index contributed by atoms with van der Waals surface area (Å²) in [6.45, 7) is 4.74. The fourth-order valence-corrected chi connectivity index (χ4v) is 7.73. The zero-order chi connectivity index (χ0) is 27.6. The van der Waals surface area contributed by atoms with Gasteiger partial charge in [-0.1, -0.05) is 166 Å². The molecule has 0 N–H and O–H groups in total. The Kier molecular flexibility index (Phi) is 5.25. The number of allylic oxidation sites excluding steroid dienone is 10. The normalized spacial score (nSPS) is 22.0. The third-order valence-electron chi connectivity index (χ3n) is 9.70. The van der Waals surface area contributed by atoms with Gasteiger partial charge in [-0.05, 0) is 65.9 Å². The van der Waals surface area contributed by atoms with E-state index in [4.69, 9.17) is 0 Å². The lowest BCUT2D eigenvalue weighted by Gasteiger charge is -2.50. The Balaban J connectivity index is 1.28. The van der Waals surface area contributed by atoms with Gasteiger partial charge >= 0.3 is 0 Å². The van der Waals surface area contributed by atoms with Gasteiger partial charge in [-0.3, -0.25) is 0 Å². The molecule has 0 aromatic heterocycles. The lowest BCUT2D eigenvalue weighted by molar-refractivity contribution is 0.264. The Bertz CT molecular complexity index is 1930. The Hall–Kier alpha value is -4.68. The third-order valence-corrected chi connectivity index (χ3v) is 9.70. The monoisotopic (exact) mass is 524 g/mol. The molecule has 0 saturated heterocycles. The predicted molar refractivity (Wildman–Crippen MR) is 175 cm³/mol. The summed E-state index contributed by atoms with van der Waals surface area (Å²) in [5, 5.41) is 5.18. The zero-order valence-electron chi connectivity index (χ0n) is 23.5. The van der Waals surface area contributed by atoms with Gasteiger partial charge in [-0.2, -0.15) is 0 Å². The van der Waals surface area contributed by atoms with E-state index in [9.17, 15) is 0 Å². The van der Waals surface area contributed by atoms with E-state index in [1.54, 1.807) is 0 Å². The summed E-state index contributed by atoms with van der Waals surface area (Å²) < 4.78 is 0. The summed E-state index contributed by atoms with van der Waals surface area (Å²) in [4.78, 5) is 0. The summed E-state index contributed by atoms with van der Waals surface area (Å²) in [6, 6.07) is 38.0. The van der Waals surface area contributed by atoms with Crippen LogP contribution < -0.4 is 0 Å². The number of rotatable bonds is 3. The van der Waals surface area contributed by atoms with Crippen molar-refractivity contribution < 1.29 is 0 Å².